The quantitative estimate of drug-likeness (QED) is 0.900. The zero-order valence-corrected chi connectivity index (χ0v) is 13.4. The van der Waals surface area contributed by atoms with E-state index in [0.717, 1.165) is 55.6 Å². The van der Waals surface area contributed by atoms with Gasteiger partial charge in [-0.05, 0) is 42.9 Å². The monoisotopic (exact) mass is 317 g/mol. The fraction of sp³-hybridized carbons (Fsp3) is 0.529. The number of aromatic amines is 2. The van der Waals surface area contributed by atoms with E-state index in [4.69, 9.17) is 4.74 Å². The molecule has 0 aliphatic carbocycles. The van der Waals surface area contributed by atoms with Gasteiger partial charge in [0.25, 0.3) is 0 Å². The zero-order valence-electron chi connectivity index (χ0n) is 13.4. The summed E-state index contributed by atoms with van der Waals surface area (Å²) in [6.45, 7) is 2.40. The fourth-order valence-electron chi connectivity index (χ4n) is 3.29. The number of nitrogens with zero attached hydrogens (tertiary/aromatic N) is 1. The summed E-state index contributed by atoms with van der Waals surface area (Å²) in [7, 11) is 1.73. The van der Waals surface area contributed by atoms with E-state index in [2.05, 4.69) is 9.97 Å². The van der Waals surface area contributed by atoms with Gasteiger partial charge in [0.1, 0.15) is 0 Å². The number of aromatic nitrogens is 2. The highest BCUT2D eigenvalue weighted by Crippen LogP contribution is 2.19. The fourth-order valence-corrected chi connectivity index (χ4v) is 3.29. The molecule has 1 aromatic heterocycles. The Balaban J connectivity index is 1.64. The smallest absolute Gasteiger partial charge is 0.323 e. The van der Waals surface area contributed by atoms with Gasteiger partial charge >= 0.3 is 5.69 Å². The second-order valence-electron chi connectivity index (χ2n) is 6.27. The molecule has 0 spiro atoms. The van der Waals surface area contributed by atoms with Gasteiger partial charge in [0.2, 0.25) is 5.91 Å². The summed E-state index contributed by atoms with van der Waals surface area (Å²) < 4.78 is 5.24. The summed E-state index contributed by atoms with van der Waals surface area (Å²) in [6, 6.07) is 5.61. The molecule has 6 heteroatoms. The van der Waals surface area contributed by atoms with E-state index >= 15 is 0 Å². The molecule has 2 N–H and O–H groups in total. The molecule has 3 rings (SSSR count). The number of nitrogens with one attached hydrogen (secondary N) is 2. The number of likely N-dealkylation sites (tertiary alicyclic amines) is 1. The third-order valence-electron chi connectivity index (χ3n) is 4.54. The number of hydrogen-bond acceptors (Lipinski definition) is 3. The van der Waals surface area contributed by atoms with Crippen LogP contribution >= 0.6 is 0 Å². The Bertz CT molecular complexity index is 734. The summed E-state index contributed by atoms with van der Waals surface area (Å²) in [6.07, 6.45) is 3.53. The van der Waals surface area contributed by atoms with Crippen molar-refractivity contribution >= 4 is 16.9 Å². The Morgan fingerprint density at radius 3 is 2.91 bits per heavy atom. The van der Waals surface area contributed by atoms with E-state index in [0.29, 0.717) is 12.3 Å². The van der Waals surface area contributed by atoms with Crippen LogP contribution in [0.1, 0.15) is 24.8 Å². The van der Waals surface area contributed by atoms with Crippen LogP contribution in [0.2, 0.25) is 0 Å². The predicted molar refractivity (Wildman–Crippen MR) is 88.4 cm³/mol. The SMILES string of the molecule is COC[C@H]1CCCN(C(=O)Cc2ccc3[nH]c(=O)[nH]c3c2)CC1. The molecule has 1 amide bonds. The molecule has 0 bridgehead atoms. The molecule has 1 saturated heterocycles. The molecule has 23 heavy (non-hydrogen) atoms. The molecule has 1 fully saturated rings. The van der Waals surface area contributed by atoms with E-state index in [1.54, 1.807) is 7.11 Å². The molecule has 1 aromatic carbocycles. The summed E-state index contributed by atoms with van der Waals surface area (Å²) in [4.78, 5) is 31.2. The van der Waals surface area contributed by atoms with E-state index < -0.39 is 0 Å². The van der Waals surface area contributed by atoms with E-state index in [1.165, 1.54) is 0 Å². The van der Waals surface area contributed by atoms with Gasteiger partial charge in [-0.25, -0.2) is 4.79 Å². The standard InChI is InChI=1S/C17H23N3O3/c1-23-11-12-3-2-7-20(8-6-12)16(21)10-13-4-5-14-15(9-13)19-17(22)18-14/h4-5,9,12H,2-3,6-8,10-11H2,1H3,(H2,18,19,22)/t12-/m0/s1. The van der Waals surface area contributed by atoms with Crippen LogP contribution in [-0.4, -0.2) is 47.6 Å². The first-order chi connectivity index (χ1) is 11.2. The van der Waals surface area contributed by atoms with Crippen LogP contribution in [0, 0.1) is 5.92 Å². The third-order valence-corrected chi connectivity index (χ3v) is 4.54. The first-order valence-corrected chi connectivity index (χ1v) is 8.13. The van der Waals surface area contributed by atoms with Gasteiger partial charge in [0, 0.05) is 26.8 Å². The van der Waals surface area contributed by atoms with Crippen molar-refractivity contribution in [1.82, 2.24) is 14.9 Å². The van der Waals surface area contributed by atoms with Crippen molar-refractivity contribution in [3.05, 3.63) is 34.2 Å². The van der Waals surface area contributed by atoms with Gasteiger partial charge in [-0.2, -0.15) is 0 Å². The molecule has 1 aliphatic rings. The number of methoxy groups -OCH3 is 1. The summed E-state index contributed by atoms with van der Waals surface area (Å²) >= 11 is 0. The number of amides is 1. The molecule has 6 nitrogen and oxygen atoms in total. The van der Waals surface area contributed by atoms with Gasteiger partial charge in [0.05, 0.1) is 17.5 Å². The van der Waals surface area contributed by atoms with Crippen molar-refractivity contribution in [2.75, 3.05) is 26.8 Å². The molecule has 0 unspecified atom stereocenters. The highest BCUT2D eigenvalue weighted by molar-refractivity contribution is 5.81. The van der Waals surface area contributed by atoms with Crippen LogP contribution < -0.4 is 5.69 Å². The Morgan fingerprint density at radius 1 is 1.26 bits per heavy atom. The maximum absolute atomic E-state index is 12.5. The molecule has 1 aliphatic heterocycles. The second kappa shape index (κ2) is 7.00. The van der Waals surface area contributed by atoms with Gasteiger partial charge in [0.15, 0.2) is 0 Å². The normalized spacial score (nSPS) is 19.0. The molecule has 0 saturated carbocycles. The van der Waals surface area contributed by atoms with Crippen LogP contribution in [-0.2, 0) is 16.0 Å². The molecule has 2 heterocycles. The van der Waals surface area contributed by atoms with Crippen LogP contribution in [0.25, 0.3) is 11.0 Å². The van der Waals surface area contributed by atoms with Crippen LogP contribution in [0.5, 0.6) is 0 Å². The third kappa shape index (κ3) is 3.82. The number of rotatable bonds is 4. The minimum absolute atomic E-state index is 0.153. The molecule has 1 atom stereocenters. The van der Waals surface area contributed by atoms with E-state index in [9.17, 15) is 9.59 Å². The molecular formula is C17H23N3O3. The predicted octanol–water partition coefficient (Wildman–Crippen LogP) is 1.67. The number of carbonyl (C=O) groups excluding carboxylic acids is 1. The average molecular weight is 317 g/mol. The number of fused-ring (bicyclic) bond motifs is 1. The number of H-pyrrole nitrogens is 2. The van der Waals surface area contributed by atoms with Crippen molar-refractivity contribution in [1.29, 1.82) is 0 Å². The van der Waals surface area contributed by atoms with Crippen molar-refractivity contribution in [2.24, 2.45) is 5.92 Å². The summed E-state index contributed by atoms with van der Waals surface area (Å²) in [5.74, 6) is 0.708. The van der Waals surface area contributed by atoms with Crippen molar-refractivity contribution in [2.45, 2.75) is 25.7 Å². The number of benzene rings is 1. The number of imidazole rings is 1. The first kappa shape index (κ1) is 15.8. The minimum atomic E-state index is -0.222. The summed E-state index contributed by atoms with van der Waals surface area (Å²) in [5, 5.41) is 0. The average Bonchev–Trinajstić information content (AvgIpc) is 2.73. The highest BCUT2D eigenvalue weighted by atomic mass is 16.5. The van der Waals surface area contributed by atoms with Crippen LogP contribution in [0.4, 0.5) is 0 Å². The highest BCUT2D eigenvalue weighted by Gasteiger charge is 2.20. The van der Waals surface area contributed by atoms with Gasteiger partial charge in [-0.3, -0.25) is 4.79 Å². The van der Waals surface area contributed by atoms with Crippen LogP contribution in [0.15, 0.2) is 23.0 Å². The van der Waals surface area contributed by atoms with Gasteiger partial charge in [-0.15, -0.1) is 0 Å². The van der Waals surface area contributed by atoms with Crippen molar-refractivity contribution in [3.63, 3.8) is 0 Å². The molecular weight excluding hydrogens is 294 g/mol. The van der Waals surface area contributed by atoms with Gasteiger partial charge in [-0.1, -0.05) is 6.07 Å². The van der Waals surface area contributed by atoms with Crippen molar-refractivity contribution < 1.29 is 9.53 Å². The first-order valence-electron chi connectivity index (χ1n) is 8.13. The van der Waals surface area contributed by atoms with E-state index in [1.807, 2.05) is 23.1 Å². The minimum Gasteiger partial charge on any atom is -0.384 e. The van der Waals surface area contributed by atoms with Crippen molar-refractivity contribution in [3.8, 4) is 0 Å². The lowest BCUT2D eigenvalue weighted by molar-refractivity contribution is -0.130. The topological polar surface area (TPSA) is 78.2 Å². The number of hydrogen-bond donors (Lipinski definition) is 2. The Morgan fingerprint density at radius 2 is 2.09 bits per heavy atom. The maximum atomic E-state index is 12.5. The second-order valence-corrected chi connectivity index (χ2v) is 6.27. The molecule has 124 valence electrons. The largest absolute Gasteiger partial charge is 0.384 e. The number of ether oxygens (including phenoxy) is 1. The van der Waals surface area contributed by atoms with Gasteiger partial charge < -0.3 is 19.6 Å². The summed E-state index contributed by atoms with van der Waals surface area (Å²) in [5.41, 5.74) is 2.22. The lowest BCUT2D eigenvalue weighted by Crippen LogP contribution is -2.33. The lowest BCUT2D eigenvalue weighted by atomic mass is 10.0. The Hall–Kier alpha value is -2.08. The van der Waals surface area contributed by atoms with Crippen LogP contribution in [0.3, 0.4) is 0 Å². The Kier molecular flexibility index (Phi) is 4.81. The lowest BCUT2D eigenvalue weighted by Gasteiger charge is -2.20. The number of carbonyl (C=O) groups is 1. The maximum Gasteiger partial charge on any atom is 0.323 e. The Labute approximate surface area is 134 Å². The zero-order chi connectivity index (χ0) is 16.2. The molecule has 2 aromatic rings. The molecule has 0 radical (unpaired) electrons. The van der Waals surface area contributed by atoms with E-state index in [-0.39, 0.29) is 11.6 Å².